The zero-order valence-electron chi connectivity index (χ0n) is 11.8. The average molecular weight is 292 g/mol. The first-order valence-electron chi connectivity index (χ1n) is 6.26. The minimum absolute atomic E-state index is 0.200. The molecule has 5 nitrogen and oxygen atoms in total. The molecule has 2 N–H and O–H groups in total. The first kappa shape index (κ1) is 16.3. The van der Waals surface area contributed by atoms with E-state index in [1.54, 1.807) is 0 Å². The Labute approximate surface area is 115 Å². The maximum Gasteiger partial charge on any atom is 0.390 e. The van der Waals surface area contributed by atoms with E-state index in [0.29, 0.717) is 18.9 Å². The van der Waals surface area contributed by atoms with Crippen LogP contribution in [-0.2, 0) is 6.42 Å². The van der Waals surface area contributed by atoms with E-state index in [-0.39, 0.29) is 6.54 Å². The monoisotopic (exact) mass is 292 g/mol. The fraction of sp³-hybridized carbons (Fsp3) is 0.667. The van der Waals surface area contributed by atoms with Crippen LogP contribution < -0.4 is 10.6 Å². The van der Waals surface area contributed by atoms with E-state index in [1.165, 1.54) is 7.05 Å². The number of halogens is 3. The Morgan fingerprint density at radius 1 is 1.25 bits per heavy atom. The lowest BCUT2D eigenvalue weighted by Crippen LogP contribution is -2.39. The summed E-state index contributed by atoms with van der Waals surface area (Å²) in [5.41, 5.74) is 1.83. The Morgan fingerprint density at radius 2 is 1.90 bits per heavy atom. The summed E-state index contributed by atoms with van der Waals surface area (Å²) in [6, 6.07) is 0. The van der Waals surface area contributed by atoms with E-state index >= 15 is 0 Å². The van der Waals surface area contributed by atoms with E-state index in [1.807, 2.05) is 13.8 Å². The molecule has 1 aromatic rings. The van der Waals surface area contributed by atoms with Gasteiger partial charge in [0.05, 0.1) is 12.1 Å². The summed E-state index contributed by atoms with van der Waals surface area (Å²) < 4.78 is 41.1. The second-order valence-corrected chi connectivity index (χ2v) is 4.34. The Kier molecular flexibility index (Phi) is 5.84. The van der Waals surface area contributed by atoms with Crippen molar-refractivity contribution < 1.29 is 17.7 Å². The highest BCUT2D eigenvalue weighted by Gasteiger charge is 2.26. The standard InChI is InChI=1S/C12H19F3N4O/c1-8-10(9(2)20-19-8)4-6-17-11(16-3)18-7-5-12(13,14)15/h4-7H2,1-3H3,(H2,16,17,18). The molecule has 1 rings (SSSR count). The molecule has 1 heterocycles. The van der Waals surface area contributed by atoms with E-state index in [9.17, 15) is 13.2 Å². The van der Waals surface area contributed by atoms with Crippen LogP contribution in [-0.4, -0.2) is 37.4 Å². The van der Waals surface area contributed by atoms with Crippen molar-refractivity contribution in [1.82, 2.24) is 15.8 Å². The number of nitrogens with zero attached hydrogens (tertiary/aromatic N) is 2. The first-order valence-corrected chi connectivity index (χ1v) is 6.26. The highest BCUT2D eigenvalue weighted by Crippen LogP contribution is 2.18. The molecule has 0 fully saturated rings. The summed E-state index contributed by atoms with van der Waals surface area (Å²) in [5.74, 6) is 1.10. The van der Waals surface area contributed by atoms with Crippen LogP contribution in [0, 0.1) is 13.8 Å². The van der Waals surface area contributed by atoms with Crippen LogP contribution in [0.4, 0.5) is 13.2 Å². The lowest BCUT2D eigenvalue weighted by Gasteiger charge is -2.12. The molecule has 0 aliphatic carbocycles. The number of hydrogen-bond acceptors (Lipinski definition) is 3. The SMILES string of the molecule is CN=C(NCCc1c(C)noc1C)NCCC(F)(F)F. The maximum atomic E-state index is 12.0. The molecule has 0 aromatic carbocycles. The molecule has 0 aliphatic rings. The molecule has 0 amide bonds. The number of aryl methyl sites for hydroxylation is 2. The fourth-order valence-corrected chi connectivity index (χ4v) is 1.71. The molecule has 20 heavy (non-hydrogen) atoms. The van der Waals surface area contributed by atoms with Crippen molar-refractivity contribution in [1.29, 1.82) is 0 Å². The van der Waals surface area contributed by atoms with Crippen LogP contribution in [0.1, 0.15) is 23.4 Å². The second kappa shape index (κ2) is 7.16. The number of guanidine groups is 1. The summed E-state index contributed by atoms with van der Waals surface area (Å²) in [4.78, 5) is 3.86. The van der Waals surface area contributed by atoms with Crippen molar-refractivity contribution in [2.24, 2.45) is 4.99 Å². The third kappa shape index (κ3) is 5.50. The molecule has 8 heteroatoms. The quantitative estimate of drug-likeness (QED) is 0.643. The summed E-state index contributed by atoms with van der Waals surface area (Å²) in [7, 11) is 1.51. The van der Waals surface area contributed by atoms with E-state index in [0.717, 1.165) is 17.0 Å². The van der Waals surface area contributed by atoms with Crippen molar-refractivity contribution >= 4 is 5.96 Å². The number of hydrogen-bond donors (Lipinski definition) is 2. The minimum atomic E-state index is -4.16. The van der Waals surface area contributed by atoms with E-state index in [2.05, 4.69) is 20.8 Å². The largest absolute Gasteiger partial charge is 0.390 e. The smallest absolute Gasteiger partial charge is 0.361 e. The summed E-state index contributed by atoms with van der Waals surface area (Å²) >= 11 is 0. The summed E-state index contributed by atoms with van der Waals surface area (Å²) in [6.07, 6.45) is -4.39. The number of nitrogens with one attached hydrogen (secondary N) is 2. The molecular weight excluding hydrogens is 273 g/mol. The molecule has 0 bridgehead atoms. The number of rotatable bonds is 5. The Balaban J connectivity index is 2.32. The molecule has 114 valence electrons. The zero-order valence-corrected chi connectivity index (χ0v) is 11.8. The van der Waals surface area contributed by atoms with Crippen LogP contribution >= 0.6 is 0 Å². The molecule has 0 atom stereocenters. The molecule has 0 unspecified atom stereocenters. The van der Waals surface area contributed by atoms with Crippen LogP contribution in [0.15, 0.2) is 9.52 Å². The van der Waals surface area contributed by atoms with Gasteiger partial charge in [-0.2, -0.15) is 13.2 Å². The van der Waals surface area contributed by atoms with Gasteiger partial charge in [0.1, 0.15) is 5.76 Å². The van der Waals surface area contributed by atoms with Gasteiger partial charge in [0.2, 0.25) is 0 Å². The van der Waals surface area contributed by atoms with Gasteiger partial charge in [-0.25, -0.2) is 0 Å². The predicted molar refractivity (Wildman–Crippen MR) is 69.7 cm³/mol. The molecule has 0 saturated carbocycles. The van der Waals surface area contributed by atoms with Gasteiger partial charge in [0.25, 0.3) is 0 Å². The zero-order chi connectivity index (χ0) is 15.2. The van der Waals surface area contributed by atoms with Gasteiger partial charge < -0.3 is 15.2 Å². The third-order valence-corrected chi connectivity index (χ3v) is 2.77. The number of aliphatic imine (C=N–C) groups is 1. The third-order valence-electron chi connectivity index (χ3n) is 2.77. The minimum Gasteiger partial charge on any atom is -0.361 e. The van der Waals surface area contributed by atoms with Gasteiger partial charge in [0, 0.05) is 25.7 Å². The van der Waals surface area contributed by atoms with Gasteiger partial charge in [-0.05, 0) is 20.3 Å². The molecule has 0 aliphatic heterocycles. The Hall–Kier alpha value is -1.73. The molecular formula is C12H19F3N4O. The summed E-state index contributed by atoms with van der Waals surface area (Å²) in [6.45, 7) is 4.01. The van der Waals surface area contributed by atoms with Gasteiger partial charge >= 0.3 is 6.18 Å². The molecule has 1 aromatic heterocycles. The van der Waals surface area contributed by atoms with Gasteiger partial charge in [-0.1, -0.05) is 5.16 Å². The summed E-state index contributed by atoms with van der Waals surface area (Å²) in [5, 5.41) is 9.40. The predicted octanol–water partition coefficient (Wildman–Crippen LogP) is 1.95. The van der Waals surface area contributed by atoms with Crippen LogP contribution in [0.25, 0.3) is 0 Å². The van der Waals surface area contributed by atoms with Crippen LogP contribution in [0.5, 0.6) is 0 Å². The normalized spacial score (nSPS) is 12.6. The fourth-order valence-electron chi connectivity index (χ4n) is 1.71. The van der Waals surface area contributed by atoms with Crippen LogP contribution in [0.3, 0.4) is 0 Å². The highest BCUT2D eigenvalue weighted by atomic mass is 19.4. The average Bonchev–Trinajstić information content (AvgIpc) is 2.67. The van der Waals surface area contributed by atoms with E-state index in [4.69, 9.17) is 4.52 Å². The van der Waals surface area contributed by atoms with E-state index < -0.39 is 12.6 Å². The van der Waals surface area contributed by atoms with Crippen LogP contribution in [0.2, 0.25) is 0 Å². The Bertz CT molecular complexity index is 435. The van der Waals surface area contributed by atoms with Crippen molar-refractivity contribution in [3.63, 3.8) is 0 Å². The first-order chi connectivity index (χ1) is 9.33. The Morgan fingerprint density at radius 3 is 2.40 bits per heavy atom. The van der Waals surface area contributed by atoms with Gasteiger partial charge in [0.15, 0.2) is 5.96 Å². The number of alkyl halides is 3. The molecule has 0 spiro atoms. The molecule has 0 radical (unpaired) electrons. The highest BCUT2D eigenvalue weighted by molar-refractivity contribution is 5.79. The van der Waals surface area contributed by atoms with Crippen molar-refractivity contribution in [2.75, 3.05) is 20.1 Å². The van der Waals surface area contributed by atoms with Crippen molar-refractivity contribution in [3.05, 3.63) is 17.0 Å². The van der Waals surface area contributed by atoms with Gasteiger partial charge in [-0.15, -0.1) is 0 Å². The number of aromatic nitrogens is 1. The second-order valence-electron chi connectivity index (χ2n) is 4.34. The maximum absolute atomic E-state index is 12.0. The van der Waals surface area contributed by atoms with Crippen molar-refractivity contribution in [3.8, 4) is 0 Å². The molecule has 0 saturated heterocycles. The van der Waals surface area contributed by atoms with Gasteiger partial charge in [-0.3, -0.25) is 4.99 Å². The topological polar surface area (TPSA) is 62.5 Å². The lowest BCUT2D eigenvalue weighted by molar-refractivity contribution is -0.132. The lowest BCUT2D eigenvalue weighted by atomic mass is 10.1. The van der Waals surface area contributed by atoms with Crippen molar-refractivity contribution in [2.45, 2.75) is 32.9 Å².